The maximum Gasteiger partial charge on any atom is 0.328 e. The second kappa shape index (κ2) is 7.33. The van der Waals surface area contributed by atoms with Crippen LogP contribution in [0.1, 0.15) is 0 Å². The number of carboxylic acids is 1. The molecule has 0 amide bonds. The molecular formula is C12H10Br2FNO2. The lowest BCUT2D eigenvalue weighted by Crippen LogP contribution is -2.00. The van der Waals surface area contributed by atoms with Gasteiger partial charge in [-0.05, 0) is 44.0 Å². The van der Waals surface area contributed by atoms with Gasteiger partial charge in [-0.25, -0.2) is 9.18 Å². The van der Waals surface area contributed by atoms with Crippen molar-refractivity contribution in [1.29, 1.82) is 0 Å². The van der Waals surface area contributed by atoms with E-state index in [0.29, 0.717) is 15.5 Å². The van der Waals surface area contributed by atoms with Gasteiger partial charge in [-0.2, -0.15) is 0 Å². The number of allylic oxidation sites excluding steroid dienone is 2. The van der Waals surface area contributed by atoms with E-state index in [1.54, 1.807) is 12.2 Å². The van der Waals surface area contributed by atoms with Crippen LogP contribution < -0.4 is 5.32 Å². The van der Waals surface area contributed by atoms with Gasteiger partial charge < -0.3 is 10.4 Å². The molecule has 0 fully saturated rings. The topological polar surface area (TPSA) is 49.3 Å². The van der Waals surface area contributed by atoms with E-state index in [1.807, 2.05) is 0 Å². The van der Waals surface area contributed by atoms with Gasteiger partial charge in [-0.1, -0.05) is 18.2 Å². The predicted molar refractivity (Wildman–Crippen MR) is 76.2 cm³/mol. The molecule has 6 heteroatoms. The molecule has 1 aromatic carbocycles. The fraction of sp³-hybridized carbons (Fsp3) is 0.0833. The van der Waals surface area contributed by atoms with E-state index in [9.17, 15) is 9.18 Å². The van der Waals surface area contributed by atoms with Crippen molar-refractivity contribution in [2.75, 3.05) is 11.9 Å². The van der Waals surface area contributed by atoms with Crippen LogP contribution >= 0.6 is 31.9 Å². The summed E-state index contributed by atoms with van der Waals surface area (Å²) in [6.07, 6.45) is 5.84. The van der Waals surface area contributed by atoms with Gasteiger partial charge in [0.15, 0.2) is 0 Å². The highest BCUT2D eigenvalue weighted by Crippen LogP contribution is 2.31. The van der Waals surface area contributed by atoms with Crippen molar-refractivity contribution in [1.82, 2.24) is 0 Å². The summed E-state index contributed by atoms with van der Waals surface area (Å²) in [5, 5.41) is 11.4. The SMILES string of the molecule is O=C(O)/C=C/C=C/CNc1c(Br)cc(F)cc1Br. The fourth-order valence-electron chi connectivity index (χ4n) is 1.16. The number of benzene rings is 1. The van der Waals surface area contributed by atoms with Gasteiger partial charge in [-0.15, -0.1) is 0 Å². The number of hydrogen-bond acceptors (Lipinski definition) is 2. The second-order valence-electron chi connectivity index (χ2n) is 3.25. The first kappa shape index (κ1) is 14.9. The number of halogens is 3. The third kappa shape index (κ3) is 5.01. The molecule has 0 aliphatic rings. The van der Waals surface area contributed by atoms with Gasteiger partial charge in [0.2, 0.25) is 0 Å². The molecule has 0 bridgehead atoms. The summed E-state index contributed by atoms with van der Waals surface area (Å²) in [4.78, 5) is 10.2. The number of carboxylic acid groups (broad SMARTS) is 1. The van der Waals surface area contributed by atoms with Crippen molar-refractivity contribution < 1.29 is 14.3 Å². The lowest BCUT2D eigenvalue weighted by atomic mass is 10.3. The van der Waals surface area contributed by atoms with Crippen molar-refractivity contribution in [2.45, 2.75) is 0 Å². The van der Waals surface area contributed by atoms with Crippen LogP contribution in [-0.4, -0.2) is 17.6 Å². The standard InChI is InChI=1S/C12H10Br2FNO2/c13-9-6-8(15)7-10(14)12(9)16-5-3-1-2-4-11(17)18/h1-4,6-7,16H,5H2,(H,17,18)/b3-1+,4-2+. The minimum atomic E-state index is -0.989. The van der Waals surface area contributed by atoms with Crippen LogP contribution in [-0.2, 0) is 4.79 Å². The quantitative estimate of drug-likeness (QED) is 0.602. The third-order valence-electron chi connectivity index (χ3n) is 1.89. The highest BCUT2D eigenvalue weighted by atomic mass is 79.9. The number of aliphatic carboxylic acids is 1. The van der Waals surface area contributed by atoms with E-state index >= 15 is 0 Å². The van der Waals surface area contributed by atoms with Gasteiger partial charge in [-0.3, -0.25) is 0 Å². The maximum absolute atomic E-state index is 13.0. The van der Waals surface area contributed by atoms with E-state index in [4.69, 9.17) is 5.11 Å². The van der Waals surface area contributed by atoms with E-state index in [2.05, 4.69) is 37.2 Å². The second-order valence-corrected chi connectivity index (χ2v) is 4.96. The van der Waals surface area contributed by atoms with Crippen LogP contribution in [0.3, 0.4) is 0 Å². The molecule has 0 heterocycles. The maximum atomic E-state index is 13.0. The minimum Gasteiger partial charge on any atom is -0.478 e. The third-order valence-corrected chi connectivity index (χ3v) is 3.14. The van der Waals surface area contributed by atoms with Gasteiger partial charge in [0.25, 0.3) is 0 Å². The zero-order chi connectivity index (χ0) is 13.5. The number of rotatable bonds is 5. The molecule has 1 rings (SSSR count). The molecule has 0 spiro atoms. The van der Waals surface area contributed by atoms with E-state index in [1.165, 1.54) is 18.2 Å². The number of nitrogens with one attached hydrogen (secondary N) is 1. The average molecular weight is 379 g/mol. The van der Waals surface area contributed by atoms with Gasteiger partial charge in [0.05, 0.1) is 5.69 Å². The van der Waals surface area contributed by atoms with E-state index in [-0.39, 0.29) is 5.82 Å². The summed E-state index contributed by atoms with van der Waals surface area (Å²) in [6, 6.07) is 2.72. The predicted octanol–water partition coefficient (Wildman–Crippen LogP) is 3.96. The summed E-state index contributed by atoms with van der Waals surface area (Å²) < 4.78 is 14.2. The minimum absolute atomic E-state index is 0.334. The first-order valence-corrected chi connectivity index (χ1v) is 6.54. The van der Waals surface area contributed by atoms with Crippen LogP contribution in [0.4, 0.5) is 10.1 Å². The van der Waals surface area contributed by atoms with Gasteiger partial charge >= 0.3 is 5.97 Å². The van der Waals surface area contributed by atoms with Gasteiger partial charge in [0.1, 0.15) is 5.82 Å². The molecule has 18 heavy (non-hydrogen) atoms. The molecule has 0 atom stereocenters. The van der Waals surface area contributed by atoms with E-state index in [0.717, 1.165) is 11.8 Å². The molecular weight excluding hydrogens is 369 g/mol. The normalized spacial score (nSPS) is 11.3. The molecule has 0 saturated heterocycles. The zero-order valence-corrected chi connectivity index (χ0v) is 12.3. The van der Waals surface area contributed by atoms with Crippen LogP contribution in [0.15, 0.2) is 45.4 Å². The van der Waals surface area contributed by atoms with Crippen molar-refractivity contribution in [3.05, 3.63) is 51.2 Å². The highest BCUT2D eigenvalue weighted by molar-refractivity contribution is 9.11. The summed E-state index contributed by atoms with van der Waals surface area (Å²) >= 11 is 6.50. The molecule has 0 radical (unpaired) electrons. The van der Waals surface area contributed by atoms with Crippen LogP contribution in [0, 0.1) is 5.82 Å². The fourth-order valence-corrected chi connectivity index (χ4v) is 2.57. The first-order chi connectivity index (χ1) is 8.50. The summed E-state index contributed by atoms with van der Waals surface area (Å²) in [5.74, 6) is -1.32. The molecule has 0 aliphatic heterocycles. The number of carbonyl (C=O) groups is 1. The molecule has 2 N–H and O–H groups in total. The molecule has 3 nitrogen and oxygen atoms in total. The Hall–Kier alpha value is -1.14. The zero-order valence-electron chi connectivity index (χ0n) is 9.16. The summed E-state index contributed by atoms with van der Waals surface area (Å²) in [7, 11) is 0. The smallest absolute Gasteiger partial charge is 0.328 e. The first-order valence-electron chi connectivity index (χ1n) is 4.95. The lowest BCUT2D eigenvalue weighted by Gasteiger charge is -2.08. The highest BCUT2D eigenvalue weighted by Gasteiger charge is 2.05. The Labute approximate surface area is 121 Å². The average Bonchev–Trinajstić information content (AvgIpc) is 2.25. The number of hydrogen-bond donors (Lipinski definition) is 2. The Balaban J connectivity index is 2.57. The summed E-state index contributed by atoms with van der Waals surface area (Å²) in [6.45, 7) is 0.493. The van der Waals surface area contributed by atoms with Crippen molar-refractivity contribution in [3.8, 4) is 0 Å². The molecule has 96 valence electrons. The van der Waals surface area contributed by atoms with Gasteiger partial charge in [0, 0.05) is 21.6 Å². The molecule has 1 aromatic rings. The molecule has 0 aliphatic carbocycles. The lowest BCUT2D eigenvalue weighted by molar-refractivity contribution is -0.131. The Morgan fingerprint density at radius 1 is 1.33 bits per heavy atom. The molecule has 0 saturated carbocycles. The van der Waals surface area contributed by atoms with Crippen molar-refractivity contribution in [3.63, 3.8) is 0 Å². The van der Waals surface area contributed by atoms with Crippen molar-refractivity contribution >= 4 is 43.5 Å². The Morgan fingerprint density at radius 2 is 1.94 bits per heavy atom. The molecule has 0 unspecified atom stereocenters. The largest absolute Gasteiger partial charge is 0.478 e. The Kier molecular flexibility index (Phi) is 6.07. The van der Waals surface area contributed by atoms with E-state index < -0.39 is 5.97 Å². The Morgan fingerprint density at radius 3 is 2.50 bits per heavy atom. The number of anilines is 1. The van der Waals surface area contributed by atoms with Crippen LogP contribution in [0.2, 0.25) is 0 Å². The van der Waals surface area contributed by atoms with Crippen LogP contribution in [0.25, 0.3) is 0 Å². The van der Waals surface area contributed by atoms with Crippen molar-refractivity contribution in [2.24, 2.45) is 0 Å². The summed E-state index contributed by atoms with van der Waals surface area (Å²) in [5.41, 5.74) is 0.739. The van der Waals surface area contributed by atoms with Crippen LogP contribution in [0.5, 0.6) is 0 Å². The Bertz CT molecular complexity index is 478. The monoisotopic (exact) mass is 377 g/mol. The molecule has 0 aromatic heterocycles.